The van der Waals surface area contributed by atoms with Crippen molar-refractivity contribution in [2.45, 2.75) is 17.4 Å². The molecule has 1 heterocycles. The van der Waals surface area contributed by atoms with Crippen LogP contribution in [0.15, 0.2) is 45.8 Å². The zero-order chi connectivity index (χ0) is 14.1. The zero-order valence-corrected chi connectivity index (χ0v) is 13.8. The Bertz CT molecular complexity index is 650. The van der Waals surface area contributed by atoms with Crippen LogP contribution in [0, 0.1) is 0 Å². The number of nitrogens with two attached hydrogens (primary N) is 1. The Morgan fingerprint density at radius 3 is 2.95 bits per heavy atom. The number of nitrogen functional groups attached to an aromatic ring is 1. The third kappa shape index (κ3) is 3.08. The van der Waals surface area contributed by atoms with E-state index in [4.69, 9.17) is 22.1 Å². The van der Waals surface area contributed by atoms with Crippen molar-refractivity contribution >= 4 is 45.0 Å². The molecule has 0 saturated heterocycles. The van der Waals surface area contributed by atoms with Crippen LogP contribution in [-0.2, 0) is 6.42 Å². The van der Waals surface area contributed by atoms with Gasteiger partial charge in [-0.25, -0.2) is 0 Å². The summed E-state index contributed by atoms with van der Waals surface area (Å²) in [6.07, 6.45) is 1.08. The highest BCUT2D eigenvalue weighted by Gasteiger charge is 2.23. The van der Waals surface area contributed by atoms with E-state index in [2.05, 4.69) is 15.9 Å². The molecule has 1 unspecified atom stereocenters. The van der Waals surface area contributed by atoms with Crippen molar-refractivity contribution in [3.63, 3.8) is 0 Å². The number of rotatable bonds is 3. The highest BCUT2D eigenvalue weighted by Crippen LogP contribution is 2.34. The lowest BCUT2D eigenvalue weighted by atomic mass is 10.1. The molecule has 1 aliphatic rings. The van der Waals surface area contributed by atoms with E-state index in [9.17, 15) is 0 Å². The van der Waals surface area contributed by atoms with Gasteiger partial charge in [-0.1, -0.05) is 27.5 Å². The molecular formula is C15H13BrClNOS. The second-order valence-electron chi connectivity index (χ2n) is 4.69. The van der Waals surface area contributed by atoms with E-state index in [1.165, 1.54) is 5.56 Å². The van der Waals surface area contributed by atoms with Crippen molar-refractivity contribution in [1.29, 1.82) is 0 Å². The van der Waals surface area contributed by atoms with Crippen LogP contribution >= 0.6 is 39.3 Å². The van der Waals surface area contributed by atoms with E-state index < -0.39 is 0 Å². The maximum absolute atomic E-state index is 6.00. The standard InChI is InChI=1S/C15H13BrClNOS/c16-10-1-4-15(13(18)7-10)20-8-12-6-9-5-11(17)2-3-14(9)19-12/h1-5,7,12H,6,8,18H2. The topological polar surface area (TPSA) is 35.2 Å². The minimum Gasteiger partial charge on any atom is -0.489 e. The summed E-state index contributed by atoms with van der Waals surface area (Å²) in [5, 5.41) is 0.762. The maximum Gasteiger partial charge on any atom is 0.123 e. The second-order valence-corrected chi connectivity index (χ2v) is 7.10. The Morgan fingerprint density at radius 2 is 2.15 bits per heavy atom. The SMILES string of the molecule is Nc1cc(Br)ccc1SCC1Cc2cc(Cl)ccc2O1. The van der Waals surface area contributed by atoms with Gasteiger partial charge in [0.15, 0.2) is 0 Å². The van der Waals surface area contributed by atoms with Crippen molar-refractivity contribution in [3.05, 3.63) is 51.5 Å². The normalized spacial score (nSPS) is 16.8. The maximum atomic E-state index is 6.00. The third-order valence-corrected chi connectivity index (χ3v) is 5.11. The molecule has 2 N–H and O–H groups in total. The van der Waals surface area contributed by atoms with Gasteiger partial charge in [-0.15, -0.1) is 11.8 Å². The fourth-order valence-electron chi connectivity index (χ4n) is 2.22. The van der Waals surface area contributed by atoms with Crippen molar-refractivity contribution in [2.75, 3.05) is 11.5 Å². The van der Waals surface area contributed by atoms with Crippen LogP contribution in [-0.4, -0.2) is 11.9 Å². The van der Waals surface area contributed by atoms with Crippen LogP contribution in [0.2, 0.25) is 5.02 Å². The highest BCUT2D eigenvalue weighted by atomic mass is 79.9. The van der Waals surface area contributed by atoms with Crippen molar-refractivity contribution in [2.24, 2.45) is 0 Å². The first-order chi connectivity index (χ1) is 9.61. The van der Waals surface area contributed by atoms with Crippen molar-refractivity contribution in [3.8, 4) is 5.75 Å². The predicted molar refractivity (Wildman–Crippen MR) is 88.9 cm³/mol. The molecular weight excluding hydrogens is 358 g/mol. The minimum atomic E-state index is 0.177. The smallest absolute Gasteiger partial charge is 0.123 e. The van der Waals surface area contributed by atoms with Gasteiger partial charge in [0.05, 0.1) is 0 Å². The molecule has 2 nitrogen and oxygen atoms in total. The fraction of sp³-hybridized carbons (Fsp3) is 0.200. The zero-order valence-electron chi connectivity index (χ0n) is 10.6. The second kappa shape index (κ2) is 5.88. The summed E-state index contributed by atoms with van der Waals surface area (Å²) in [5.41, 5.74) is 7.98. The number of benzene rings is 2. The van der Waals surface area contributed by atoms with E-state index in [1.54, 1.807) is 11.8 Å². The average Bonchev–Trinajstić information content (AvgIpc) is 2.79. The lowest BCUT2D eigenvalue weighted by molar-refractivity contribution is 0.259. The average molecular weight is 371 g/mol. The first-order valence-electron chi connectivity index (χ1n) is 6.25. The summed E-state index contributed by atoms with van der Waals surface area (Å²) in [5.74, 6) is 1.82. The fourth-order valence-corrected chi connectivity index (χ4v) is 3.73. The third-order valence-electron chi connectivity index (χ3n) is 3.16. The molecule has 1 atom stereocenters. The number of halogens is 2. The van der Waals surface area contributed by atoms with Gasteiger partial charge in [0.1, 0.15) is 11.9 Å². The Morgan fingerprint density at radius 1 is 1.30 bits per heavy atom. The molecule has 1 aliphatic heterocycles. The van der Waals surface area contributed by atoms with Crippen LogP contribution in [0.3, 0.4) is 0 Å². The van der Waals surface area contributed by atoms with E-state index in [1.807, 2.05) is 36.4 Å². The van der Waals surface area contributed by atoms with Gasteiger partial charge < -0.3 is 10.5 Å². The van der Waals surface area contributed by atoms with Gasteiger partial charge in [-0.05, 0) is 42.0 Å². The molecule has 0 amide bonds. The Kier molecular flexibility index (Phi) is 4.15. The van der Waals surface area contributed by atoms with Crippen LogP contribution in [0.1, 0.15) is 5.56 Å². The molecule has 0 spiro atoms. The molecule has 0 fully saturated rings. The molecule has 20 heavy (non-hydrogen) atoms. The molecule has 3 rings (SSSR count). The molecule has 0 saturated carbocycles. The van der Waals surface area contributed by atoms with E-state index in [0.29, 0.717) is 0 Å². The molecule has 104 valence electrons. The summed E-state index contributed by atoms with van der Waals surface area (Å²) < 4.78 is 6.92. The van der Waals surface area contributed by atoms with E-state index in [0.717, 1.165) is 38.0 Å². The van der Waals surface area contributed by atoms with Gasteiger partial charge in [0, 0.05) is 32.3 Å². The first kappa shape index (κ1) is 14.1. The van der Waals surface area contributed by atoms with Gasteiger partial charge in [0.2, 0.25) is 0 Å². The monoisotopic (exact) mass is 369 g/mol. The van der Waals surface area contributed by atoms with Crippen LogP contribution in [0.4, 0.5) is 5.69 Å². The summed E-state index contributed by atoms with van der Waals surface area (Å²) >= 11 is 11.1. The number of fused-ring (bicyclic) bond motifs is 1. The van der Waals surface area contributed by atoms with Gasteiger partial charge in [-0.2, -0.15) is 0 Å². The molecule has 2 aromatic rings. The molecule has 0 aromatic heterocycles. The van der Waals surface area contributed by atoms with Crippen molar-refractivity contribution < 1.29 is 4.74 Å². The lowest BCUT2D eigenvalue weighted by Crippen LogP contribution is -2.15. The van der Waals surface area contributed by atoms with Crippen LogP contribution in [0.25, 0.3) is 0 Å². The quantitative estimate of drug-likeness (QED) is 0.624. The summed E-state index contributed by atoms with van der Waals surface area (Å²) in [6.45, 7) is 0. The number of hydrogen-bond acceptors (Lipinski definition) is 3. The van der Waals surface area contributed by atoms with E-state index >= 15 is 0 Å². The van der Waals surface area contributed by atoms with E-state index in [-0.39, 0.29) is 6.10 Å². The van der Waals surface area contributed by atoms with Crippen LogP contribution in [0.5, 0.6) is 5.75 Å². The summed E-state index contributed by atoms with van der Waals surface area (Å²) in [4.78, 5) is 1.09. The Labute approximate surface area is 135 Å². The van der Waals surface area contributed by atoms with Gasteiger partial charge in [0.25, 0.3) is 0 Å². The summed E-state index contributed by atoms with van der Waals surface area (Å²) in [6, 6.07) is 11.7. The number of anilines is 1. The number of hydrogen-bond donors (Lipinski definition) is 1. The number of thioether (sulfide) groups is 1. The predicted octanol–water partition coefficient (Wildman–Crippen LogP) is 4.78. The molecule has 0 aliphatic carbocycles. The molecule has 5 heteroatoms. The molecule has 0 bridgehead atoms. The van der Waals surface area contributed by atoms with Gasteiger partial charge >= 0.3 is 0 Å². The van der Waals surface area contributed by atoms with Gasteiger partial charge in [-0.3, -0.25) is 0 Å². The summed E-state index contributed by atoms with van der Waals surface area (Å²) in [7, 11) is 0. The lowest BCUT2D eigenvalue weighted by Gasteiger charge is -2.11. The van der Waals surface area contributed by atoms with Crippen molar-refractivity contribution in [1.82, 2.24) is 0 Å². The highest BCUT2D eigenvalue weighted by molar-refractivity contribution is 9.10. The Balaban J connectivity index is 1.63. The first-order valence-corrected chi connectivity index (χ1v) is 8.40. The largest absolute Gasteiger partial charge is 0.489 e. The molecule has 0 radical (unpaired) electrons. The minimum absolute atomic E-state index is 0.177. The molecule has 2 aromatic carbocycles. The number of ether oxygens (including phenoxy) is 1. The Hall–Kier alpha value is -0.840. The van der Waals surface area contributed by atoms with Crippen LogP contribution < -0.4 is 10.5 Å².